The zero-order valence-electron chi connectivity index (χ0n) is 6.77. The first-order chi connectivity index (χ1) is 5.60. The molecule has 1 fully saturated rings. The van der Waals surface area contributed by atoms with Crippen molar-refractivity contribution in [2.24, 2.45) is 0 Å². The summed E-state index contributed by atoms with van der Waals surface area (Å²) >= 11 is 0. The molecule has 0 spiro atoms. The fraction of sp³-hybridized carbons (Fsp3) is 0.857. The maximum Gasteiger partial charge on any atom is 0.346 e. The summed E-state index contributed by atoms with van der Waals surface area (Å²) in [6.07, 6.45) is 1.54. The van der Waals surface area contributed by atoms with E-state index in [1.54, 1.807) is 0 Å². The summed E-state index contributed by atoms with van der Waals surface area (Å²) in [6.45, 7) is -2.87. The standard InChI is InChI=1S/C7H11F2NO2/c1-10-5(11)7(3-2-4-7)12-6(8)9/h6H,2-4H2,1H3,(H,10,11). The van der Waals surface area contributed by atoms with Crippen molar-refractivity contribution in [3.63, 3.8) is 0 Å². The van der Waals surface area contributed by atoms with Gasteiger partial charge in [0, 0.05) is 7.05 Å². The van der Waals surface area contributed by atoms with Gasteiger partial charge >= 0.3 is 6.61 Å². The number of hydrogen-bond donors (Lipinski definition) is 1. The van der Waals surface area contributed by atoms with Gasteiger partial charge in [-0.15, -0.1) is 0 Å². The molecule has 1 N–H and O–H groups in total. The Hall–Kier alpha value is -0.710. The van der Waals surface area contributed by atoms with E-state index in [1.807, 2.05) is 0 Å². The van der Waals surface area contributed by atoms with Crippen molar-refractivity contribution in [2.75, 3.05) is 7.05 Å². The van der Waals surface area contributed by atoms with Crippen molar-refractivity contribution < 1.29 is 18.3 Å². The Morgan fingerprint density at radius 1 is 1.58 bits per heavy atom. The molecule has 3 nitrogen and oxygen atoms in total. The molecular formula is C7H11F2NO2. The number of halogens is 2. The molecule has 12 heavy (non-hydrogen) atoms. The summed E-state index contributed by atoms with van der Waals surface area (Å²) in [7, 11) is 1.41. The van der Waals surface area contributed by atoms with E-state index >= 15 is 0 Å². The fourth-order valence-corrected chi connectivity index (χ4v) is 1.29. The van der Waals surface area contributed by atoms with E-state index in [2.05, 4.69) is 10.1 Å². The molecule has 0 bridgehead atoms. The lowest BCUT2D eigenvalue weighted by atomic mass is 9.79. The highest BCUT2D eigenvalue weighted by atomic mass is 19.3. The molecule has 0 atom stereocenters. The van der Waals surface area contributed by atoms with E-state index in [0.717, 1.165) is 6.42 Å². The third-order valence-electron chi connectivity index (χ3n) is 2.12. The van der Waals surface area contributed by atoms with Crippen molar-refractivity contribution >= 4 is 5.91 Å². The predicted octanol–water partition coefficient (Wildman–Crippen LogP) is 0.894. The van der Waals surface area contributed by atoms with E-state index in [-0.39, 0.29) is 0 Å². The number of alkyl halides is 2. The van der Waals surface area contributed by atoms with Crippen LogP contribution in [-0.2, 0) is 9.53 Å². The van der Waals surface area contributed by atoms with Gasteiger partial charge in [-0.25, -0.2) is 0 Å². The van der Waals surface area contributed by atoms with Crippen molar-refractivity contribution in [2.45, 2.75) is 31.5 Å². The number of rotatable bonds is 3. The van der Waals surface area contributed by atoms with Crippen LogP contribution >= 0.6 is 0 Å². The molecule has 0 aromatic carbocycles. The minimum Gasteiger partial charge on any atom is -0.357 e. The molecule has 5 heteroatoms. The molecule has 0 heterocycles. The third kappa shape index (κ3) is 1.55. The number of carbonyl (C=O) groups excluding carboxylic acids is 1. The molecule has 0 aromatic heterocycles. The maximum absolute atomic E-state index is 11.8. The van der Waals surface area contributed by atoms with Gasteiger partial charge in [-0.1, -0.05) is 0 Å². The molecule has 0 aliphatic heterocycles. The maximum atomic E-state index is 11.8. The van der Waals surface area contributed by atoms with Crippen molar-refractivity contribution in [1.29, 1.82) is 0 Å². The number of amides is 1. The summed E-state index contributed by atoms with van der Waals surface area (Å²) in [5.41, 5.74) is -1.25. The lowest BCUT2D eigenvalue weighted by molar-refractivity contribution is -0.230. The number of likely N-dealkylation sites (N-methyl/N-ethyl adjacent to an activating group) is 1. The van der Waals surface area contributed by atoms with Crippen LogP contribution in [0.15, 0.2) is 0 Å². The highest BCUT2D eigenvalue weighted by Gasteiger charge is 2.46. The zero-order valence-corrected chi connectivity index (χ0v) is 6.77. The Balaban J connectivity index is 2.56. The number of carbonyl (C=O) groups is 1. The first kappa shape index (κ1) is 9.38. The molecule has 0 unspecified atom stereocenters. The van der Waals surface area contributed by atoms with E-state index < -0.39 is 18.1 Å². The van der Waals surface area contributed by atoms with Crippen LogP contribution in [-0.4, -0.2) is 25.2 Å². The highest BCUT2D eigenvalue weighted by Crippen LogP contribution is 2.37. The highest BCUT2D eigenvalue weighted by molar-refractivity contribution is 5.85. The molecular weight excluding hydrogens is 168 g/mol. The number of hydrogen-bond acceptors (Lipinski definition) is 2. The minimum absolute atomic E-state index is 0.386. The largest absolute Gasteiger partial charge is 0.357 e. The second-order valence-electron chi connectivity index (χ2n) is 2.81. The van der Waals surface area contributed by atoms with Gasteiger partial charge in [0.05, 0.1) is 0 Å². The summed E-state index contributed by atoms with van der Waals surface area (Å²) in [6, 6.07) is 0. The summed E-state index contributed by atoms with van der Waals surface area (Å²) in [5.74, 6) is -0.450. The first-order valence-corrected chi connectivity index (χ1v) is 3.79. The number of nitrogens with one attached hydrogen (secondary N) is 1. The van der Waals surface area contributed by atoms with E-state index in [0.29, 0.717) is 12.8 Å². The summed E-state index contributed by atoms with van der Waals surface area (Å²) < 4.78 is 28.0. The normalized spacial score (nSPS) is 20.3. The Bertz CT molecular complexity index is 180. The summed E-state index contributed by atoms with van der Waals surface area (Å²) in [5, 5.41) is 2.32. The Labute approximate surface area is 69.1 Å². The van der Waals surface area contributed by atoms with E-state index in [1.165, 1.54) is 7.05 Å². The van der Waals surface area contributed by atoms with Gasteiger partial charge in [-0.05, 0) is 19.3 Å². The van der Waals surface area contributed by atoms with Gasteiger partial charge in [-0.3, -0.25) is 4.79 Å². The second kappa shape index (κ2) is 3.35. The lowest BCUT2D eigenvalue weighted by Gasteiger charge is -2.38. The van der Waals surface area contributed by atoms with Crippen LogP contribution < -0.4 is 5.32 Å². The second-order valence-corrected chi connectivity index (χ2v) is 2.81. The third-order valence-corrected chi connectivity index (χ3v) is 2.12. The smallest absolute Gasteiger partial charge is 0.346 e. The van der Waals surface area contributed by atoms with Crippen LogP contribution in [0, 0.1) is 0 Å². The van der Waals surface area contributed by atoms with Gasteiger partial charge in [0.15, 0.2) is 5.60 Å². The Morgan fingerprint density at radius 3 is 2.42 bits per heavy atom. The van der Waals surface area contributed by atoms with Crippen molar-refractivity contribution in [3.05, 3.63) is 0 Å². The molecule has 1 aliphatic rings. The Kier molecular flexibility index (Phi) is 2.62. The van der Waals surface area contributed by atoms with Crippen molar-refractivity contribution in [1.82, 2.24) is 5.32 Å². The van der Waals surface area contributed by atoms with Gasteiger partial charge < -0.3 is 10.1 Å². The van der Waals surface area contributed by atoms with Gasteiger partial charge in [0.2, 0.25) is 0 Å². The molecule has 0 aromatic rings. The molecule has 1 saturated carbocycles. The first-order valence-electron chi connectivity index (χ1n) is 3.79. The topological polar surface area (TPSA) is 38.3 Å². The monoisotopic (exact) mass is 179 g/mol. The molecule has 0 radical (unpaired) electrons. The molecule has 1 aliphatic carbocycles. The Morgan fingerprint density at radius 2 is 2.17 bits per heavy atom. The van der Waals surface area contributed by atoms with Crippen LogP contribution in [0.3, 0.4) is 0 Å². The summed E-state index contributed by atoms with van der Waals surface area (Å²) in [4.78, 5) is 11.1. The van der Waals surface area contributed by atoms with Crippen LogP contribution in [0.5, 0.6) is 0 Å². The molecule has 70 valence electrons. The average Bonchev–Trinajstić information content (AvgIpc) is 1.95. The van der Waals surface area contributed by atoms with Crippen LogP contribution in [0.1, 0.15) is 19.3 Å². The molecule has 1 rings (SSSR count). The average molecular weight is 179 g/mol. The SMILES string of the molecule is CNC(=O)C1(OC(F)F)CCC1. The molecule has 0 saturated heterocycles. The molecule has 1 amide bonds. The van der Waals surface area contributed by atoms with Crippen LogP contribution in [0.4, 0.5) is 8.78 Å². The van der Waals surface area contributed by atoms with Gasteiger partial charge in [-0.2, -0.15) is 8.78 Å². The van der Waals surface area contributed by atoms with Gasteiger partial charge in [0.25, 0.3) is 5.91 Å². The van der Waals surface area contributed by atoms with E-state index in [9.17, 15) is 13.6 Å². The van der Waals surface area contributed by atoms with Crippen molar-refractivity contribution in [3.8, 4) is 0 Å². The predicted molar refractivity (Wildman–Crippen MR) is 37.7 cm³/mol. The van der Waals surface area contributed by atoms with Gasteiger partial charge in [0.1, 0.15) is 0 Å². The minimum atomic E-state index is -2.87. The fourth-order valence-electron chi connectivity index (χ4n) is 1.29. The number of ether oxygens (including phenoxy) is 1. The van der Waals surface area contributed by atoms with Crippen LogP contribution in [0.2, 0.25) is 0 Å². The van der Waals surface area contributed by atoms with E-state index in [4.69, 9.17) is 0 Å². The zero-order chi connectivity index (χ0) is 9.19. The quantitative estimate of drug-likeness (QED) is 0.698. The van der Waals surface area contributed by atoms with Crippen LogP contribution in [0.25, 0.3) is 0 Å². The lowest BCUT2D eigenvalue weighted by Crippen LogP contribution is -2.53.